The molecular weight excluding hydrogens is 208 g/mol. The normalized spacial score (nSPS) is 15.2. The van der Waals surface area contributed by atoms with E-state index in [2.05, 4.69) is 0 Å². The first-order valence-corrected chi connectivity index (χ1v) is 5.82. The summed E-state index contributed by atoms with van der Waals surface area (Å²) in [6.07, 6.45) is 2.03. The third kappa shape index (κ3) is 3.81. The molecule has 0 bridgehead atoms. The third-order valence-corrected chi connectivity index (χ3v) is 2.86. The van der Waals surface area contributed by atoms with Crippen molar-refractivity contribution in [3.8, 4) is 0 Å². The second-order valence-electron chi connectivity index (χ2n) is 4.10. The summed E-state index contributed by atoms with van der Waals surface area (Å²) in [7, 11) is 0. The van der Waals surface area contributed by atoms with E-state index in [0.29, 0.717) is 19.1 Å². The molecule has 1 aliphatic carbocycles. The summed E-state index contributed by atoms with van der Waals surface area (Å²) in [4.78, 5) is 26.0. The molecule has 1 fully saturated rings. The Balaban J connectivity index is 2.47. The number of likely N-dealkylation sites (N-methyl/N-ethyl adjacent to an activating group) is 1. The number of aliphatic carboxylic acids is 1. The van der Waals surface area contributed by atoms with Gasteiger partial charge in [-0.15, -0.1) is 0 Å². The summed E-state index contributed by atoms with van der Waals surface area (Å²) in [6.45, 7) is 5.43. The number of hydrogen-bond acceptors (Lipinski definition) is 3. The quantitative estimate of drug-likeness (QED) is 0.685. The van der Waals surface area contributed by atoms with E-state index in [1.807, 2.05) is 13.8 Å². The molecule has 16 heavy (non-hydrogen) atoms. The van der Waals surface area contributed by atoms with Crippen LogP contribution in [0, 0.1) is 0 Å². The summed E-state index contributed by atoms with van der Waals surface area (Å²) in [6, 6.07) is 0.301. The summed E-state index contributed by atoms with van der Waals surface area (Å²) < 4.78 is 0. The van der Waals surface area contributed by atoms with E-state index >= 15 is 0 Å². The van der Waals surface area contributed by atoms with Gasteiger partial charge in [-0.25, -0.2) is 0 Å². The lowest BCUT2D eigenvalue weighted by Gasteiger charge is -2.24. The molecule has 1 amide bonds. The highest BCUT2D eigenvalue weighted by Gasteiger charge is 2.32. The van der Waals surface area contributed by atoms with Crippen LogP contribution in [0.5, 0.6) is 0 Å². The predicted molar refractivity (Wildman–Crippen MR) is 60.2 cm³/mol. The third-order valence-electron chi connectivity index (χ3n) is 2.86. The first-order chi connectivity index (χ1) is 7.58. The fraction of sp³-hybridized carbons (Fsp3) is 0.818. The van der Waals surface area contributed by atoms with Gasteiger partial charge in [0.1, 0.15) is 0 Å². The van der Waals surface area contributed by atoms with Crippen molar-refractivity contribution in [3.05, 3.63) is 0 Å². The molecule has 1 rings (SSSR count). The molecule has 0 radical (unpaired) electrons. The number of nitrogens with zero attached hydrogens (tertiary/aromatic N) is 2. The maximum absolute atomic E-state index is 11.8. The molecule has 0 aromatic rings. The topological polar surface area (TPSA) is 60.9 Å². The maximum Gasteiger partial charge on any atom is 0.317 e. The zero-order valence-electron chi connectivity index (χ0n) is 9.98. The van der Waals surface area contributed by atoms with Crippen LogP contribution in [-0.4, -0.2) is 59.0 Å². The van der Waals surface area contributed by atoms with E-state index in [-0.39, 0.29) is 19.0 Å². The van der Waals surface area contributed by atoms with Gasteiger partial charge in [0, 0.05) is 19.1 Å². The van der Waals surface area contributed by atoms with Gasteiger partial charge in [0.05, 0.1) is 13.1 Å². The first-order valence-electron chi connectivity index (χ1n) is 5.82. The molecule has 0 heterocycles. The van der Waals surface area contributed by atoms with E-state index in [1.54, 1.807) is 9.80 Å². The van der Waals surface area contributed by atoms with Crippen LogP contribution in [0.15, 0.2) is 0 Å². The minimum Gasteiger partial charge on any atom is -0.480 e. The summed E-state index contributed by atoms with van der Waals surface area (Å²) in [5.74, 6) is -0.836. The Labute approximate surface area is 96.0 Å². The Morgan fingerprint density at radius 3 is 2.12 bits per heavy atom. The molecule has 5 nitrogen and oxygen atoms in total. The first kappa shape index (κ1) is 13.0. The summed E-state index contributed by atoms with van der Waals surface area (Å²) >= 11 is 0. The van der Waals surface area contributed by atoms with Crippen molar-refractivity contribution in [2.75, 3.05) is 26.2 Å². The SMILES string of the molecule is CCN(CC)C(=O)CN(CC(=O)O)C1CC1. The van der Waals surface area contributed by atoms with E-state index in [0.717, 1.165) is 12.8 Å². The van der Waals surface area contributed by atoms with Crippen molar-refractivity contribution in [1.82, 2.24) is 9.80 Å². The second-order valence-corrected chi connectivity index (χ2v) is 4.10. The van der Waals surface area contributed by atoms with Crippen LogP contribution in [0.3, 0.4) is 0 Å². The van der Waals surface area contributed by atoms with Crippen molar-refractivity contribution in [3.63, 3.8) is 0 Å². The monoisotopic (exact) mass is 228 g/mol. The van der Waals surface area contributed by atoms with Crippen LogP contribution in [-0.2, 0) is 9.59 Å². The van der Waals surface area contributed by atoms with Crippen molar-refractivity contribution >= 4 is 11.9 Å². The number of rotatable bonds is 7. The molecule has 0 spiro atoms. The van der Waals surface area contributed by atoms with Gasteiger partial charge in [-0.05, 0) is 26.7 Å². The largest absolute Gasteiger partial charge is 0.480 e. The van der Waals surface area contributed by atoms with Crippen molar-refractivity contribution in [1.29, 1.82) is 0 Å². The zero-order valence-corrected chi connectivity index (χ0v) is 9.98. The lowest BCUT2D eigenvalue weighted by Crippen LogP contribution is -2.43. The van der Waals surface area contributed by atoms with Gasteiger partial charge in [-0.1, -0.05) is 0 Å². The number of amides is 1. The van der Waals surface area contributed by atoms with Gasteiger partial charge in [-0.2, -0.15) is 0 Å². The van der Waals surface area contributed by atoms with Crippen LogP contribution in [0.2, 0.25) is 0 Å². The Kier molecular flexibility index (Phi) is 4.73. The zero-order chi connectivity index (χ0) is 12.1. The van der Waals surface area contributed by atoms with Gasteiger partial charge in [0.2, 0.25) is 5.91 Å². The van der Waals surface area contributed by atoms with Gasteiger partial charge in [0.25, 0.3) is 0 Å². The summed E-state index contributed by atoms with van der Waals surface area (Å²) in [5.41, 5.74) is 0. The Morgan fingerprint density at radius 2 is 1.75 bits per heavy atom. The molecular formula is C11H20N2O3. The van der Waals surface area contributed by atoms with Gasteiger partial charge in [0.15, 0.2) is 0 Å². The number of hydrogen-bond donors (Lipinski definition) is 1. The van der Waals surface area contributed by atoms with Gasteiger partial charge >= 0.3 is 5.97 Å². The molecule has 0 aliphatic heterocycles. The van der Waals surface area contributed by atoms with E-state index in [4.69, 9.17) is 5.11 Å². The molecule has 1 saturated carbocycles. The Morgan fingerprint density at radius 1 is 1.19 bits per heavy atom. The fourth-order valence-electron chi connectivity index (χ4n) is 1.78. The number of carboxylic acid groups (broad SMARTS) is 1. The van der Waals surface area contributed by atoms with Gasteiger partial charge in [-0.3, -0.25) is 14.5 Å². The van der Waals surface area contributed by atoms with E-state index in [1.165, 1.54) is 0 Å². The highest BCUT2D eigenvalue weighted by Crippen LogP contribution is 2.26. The highest BCUT2D eigenvalue weighted by molar-refractivity contribution is 5.79. The van der Waals surface area contributed by atoms with Crippen molar-refractivity contribution in [2.24, 2.45) is 0 Å². The van der Waals surface area contributed by atoms with Crippen LogP contribution >= 0.6 is 0 Å². The maximum atomic E-state index is 11.8. The standard InChI is InChI=1S/C11H20N2O3/c1-3-12(4-2)10(14)7-13(8-11(15)16)9-5-6-9/h9H,3-8H2,1-2H3,(H,15,16). The molecule has 0 atom stereocenters. The summed E-state index contributed by atoms with van der Waals surface area (Å²) in [5, 5.41) is 8.76. The minimum absolute atomic E-state index is 0.0261. The fourth-order valence-corrected chi connectivity index (χ4v) is 1.78. The molecule has 1 N–H and O–H groups in total. The predicted octanol–water partition coefficient (Wildman–Crippen LogP) is 0.404. The molecule has 5 heteroatoms. The average molecular weight is 228 g/mol. The molecule has 0 aromatic carbocycles. The lowest BCUT2D eigenvalue weighted by atomic mass is 10.4. The second kappa shape index (κ2) is 5.84. The van der Waals surface area contributed by atoms with Crippen LogP contribution in [0.25, 0.3) is 0 Å². The highest BCUT2D eigenvalue weighted by atomic mass is 16.4. The average Bonchev–Trinajstić information content (AvgIpc) is 3.01. The number of carboxylic acids is 1. The molecule has 92 valence electrons. The molecule has 1 aliphatic rings. The van der Waals surface area contributed by atoms with Crippen LogP contribution < -0.4 is 0 Å². The van der Waals surface area contributed by atoms with E-state index in [9.17, 15) is 9.59 Å². The van der Waals surface area contributed by atoms with E-state index < -0.39 is 5.97 Å². The van der Waals surface area contributed by atoms with Crippen molar-refractivity contribution < 1.29 is 14.7 Å². The minimum atomic E-state index is -0.862. The smallest absolute Gasteiger partial charge is 0.317 e. The molecule has 0 unspecified atom stereocenters. The van der Waals surface area contributed by atoms with Crippen LogP contribution in [0.1, 0.15) is 26.7 Å². The molecule has 0 aromatic heterocycles. The molecule has 0 saturated heterocycles. The van der Waals surface area contributed by atoms with Gasteiger partial charge < -0.3 is 10.0 Å². The Bertz CT molecular complexity index is 260. The number of carbonyl (C=O) groups is 2. The Hall–Kier alpha value is -1.10. The number of carbonyl (C=O) groups excluding carboxylic acids is 1. The van der Waals surface area contributed by atoms with Crippen molar-refractivity contribution in [2.45, 2.75) is 32.7 Å². The lowest BCUT2D eigenvalue weighted by molar-refractivity contribution is -0.139. The van der Waals surface area contributed by atoms with Crippen LogP contribution in [0.4, 0.5) is 0 Å².